The molecule has 0 fully saturated rings. The highest BCUT2D eigenvalue weighted by atomic mass is 35.5. The zero-order valence-electron chi connectivity index (χ0n) is 8.71. The summed E-state index contributed by atoms with van der Waals surface area (Å²) >= 11 is 7.78. The number of rotatable bonds is 4. The lowest BCUT2D eigenvalue weighted by molar-refractivity contribution is 0.0949. The molecule has 0 radical (unpaired) electrons. The van der Waals surface area contributed by atoms with Crippen LogP contribution in [0.4, 0.5) is 0 Å². The smallest absolute Gasteiger partial charge is 0.273 e. The second-order valence-electron chi connectivity index (χ2n) is 3.10. The Kier molecular flexibility index (Phi) is 4.03. The van der Waals surface area contributed by atoms with E-state index in [4.69, 9.17) is 11.6 Å². The average molecular weight is 323 g/mol. The van der Waals surface area contributed by atoms with Gasteiger partial charge in [0, 0.05) is 0 Å². The first kappa shape index (κ1) is 13.5. The van der Waals surface area contributed by atoms with Crippen LogP contribution in [0.1, 0.15) is 9.67 Å². The third-order valence-corrected chi connectivity index (χ3v) is 5.70. The van der Waals surface area contributed by atoms with Crippen molar-refractivity contribution >= 4 is 50.2 Å². The molecule has 2 aromatic heterocycles. The molecule has 0 atom stereocenters. The number of carbonyl (C=O) groups excluding carboxylic acids is 1. The van der Waals surface area contributed by atoms with Crippen molar-refractivity contribution < 1.29 is 13.2 Å². The van der Waals surface area contributed by atoms with E-state index in [9.17, 15) is 13.2 Å². The van der Waals surface area contributed by atoms with Crippen molar-refractivity contribution in [3.05, 3.63) is 38.9 Å². The average Bonchev–Trinajstić information content (AvgIpc) is 2.96. The summed E-state index contributed by atoms with van der Waals surface area (Å²) in [6.07, 6.45) is 0. The maximum absolute atomic E-state index is 11.7. The number of hydrogen-bond acceptors (Lipinski definition) is 5. The normalized spacial score (nSPS) is 11.4. The van der Waals surface area contributed by atoms with E-state index >= 15 is 0 Å². The van der Waals surface area contributed by atoms with Crippen molar-refractivity contribution in [1.29, 1.82) is 0 Å². The van der Waals surface area contributed by atoms with Crippen molar-refractivity contribution in [3.8, 4) is 0 Å². The minimum Gasteiger partial charge on any atom is -0.273 e. The molecule has 0 aliphatic heterocycles. The minimum atomic E-state index is -3.77. The highest BCUT2D eigenvalue weighted by Gasteiger charge is 2.18. The first-order chi connectivity index (χ1) is 8.49. The summed E-state index contributed by atoms with van der Waals surface area (Å²) in [4.78, 5) is 14.0. The Labute approximate surface area is 116 Å². The maximum Gasteiger partial charge on any atom is 0.276 e. The van der Waals surface area contributed by atoms with E-state index in [0.717, 1.165) is 11.3 Å². The van der Waals surface area contributed by atoms with E-state index in [1.165, 1.54) is 23.5 Å². The molecule has 5 nitrogen and oxygen atoms in total. The summed E-state index contributed by atoms with van der Waals surface area (Å²) in [6.45, 7) is 0. The number of nitrogens with one attached hydrogen (secondary N) is 2. The van der Waals surface area contributed by atoms with Crippen LogP contribution in [0.15, 0.2) is 33.9 Å². The molecule has 0 aliphatic rings. The number of thiophene rings is 2. The molecule has 18 heavy (non-hydrogen) atoms. The second-order valence-corrected chi connectivity index (χ2v) is 7.67. The summed E-state index contributed by atoms with van der Waals surface area (Å²) in [5, 5.41) is 1.72. The van der Waals surface area contributed by atoms with E-state index in [1.807, 2.05) is 4.83 Å². The molecule has 1 amide bonds. The molecular formula is C9H7ClN2O3S3. The third-order valence-electron chi connectivity index (χ3n) is 1.86. The number of carbonyl (C=O) groups is 1. The van der Waals surface area contributed by atoms with Gasteiger partial charge in [-0.1, -0.05) is 17.7 Å². The fourth-order valence-electron chi connectivity index (χ4n) is 1.08. The number of amides is 1. The largest absolute Gasteiger partial charge is 0.276 e. The van der Waals surface area contributed by atoms with Gasteiger partial charge < -0.3 is 0 Å². The molecule has 2 heterocycles. The monoisotopic (exact) mass is 322 g/mol. The summed E-state index contributed by atoms with van der Waals surface area (Å²) in [7, 11) is -3.77. The van der Waals surface area contributed by atoms with Gasteiger partial charge in [-0.2, -0.15) is 0 Å². The Morgan fingerprint density at radius 1 is 1.28 bits per heavy atom. The summed E-state index contributed by atoms with van der Waals surface area (Å²) in [5.41, 5.74) is 2.13. The molecule has 2 N–H and O–H groups in total. The van der Waals surface area contributed by atoms with E-state index < -0.39 is 15.9 Å². The number of halogens is 1. The van der Waals surface area contributed by atoms with E-state index in [2.05, 4.69) is 5.43 Å². The van der Waals surface area contributed by atoms with Crippen LogP contribution in [-0.4, -0.2) is 14.3 Å². The van der Waals surface area contributed by atoms with Crippen LogP contribution >= 0.6 is 34.3 Å². The second kappa shape index (κ2) is 5.37. The van der Waals surface area contributed by atoms with Crippen LogP contribution in [0.25, 0.3) is 0 Å². The van der Waals surface area contributed by atoms with Crippen molar-refractivity contribution in [2.45, 2.75) is 4.21 Å². The highest BCUT2D eigenvalue weighted by molar-refractivity contribution is 7.91. The molecule has 96 valence electrons. The van der Waals surface area contributed by atoms with Crippen molar-refractivity contribution in [2.75, 3.05) is 0 Å². The molecule has 0 saturated carbocycles. The Hall–Kier alpha value is -0.930. The first-order valence-electron chi connectivity index (χ1n) is 4.60. The van der Waals surface area contributed by atoms with Gasteiger partial charge in [0.05, 0.1) is 9.21 Å². The molecule has 0 bridgehead atoms. The summed E-state index contributed by atoms with van der Waals surface area (Å²) in [5.74, 6) is -0.503. The van der Waals surface area contributed by atoms with Gasteiger partial charge in [-0.05, 0) is 23.6 Å². The molecule has 0 unspecified atom stereocenters. The zero-order valence-corrected chi connectivity index (χ0v) is 11.9. The Morgan fingerprint density at radius 3 is 2.61 bits per heavy atom. The number of hydrogen-bond donors (Lipinski definition) is 2. The fourth-order valence-corrected chi connectivity index (χ4v) is 4.02. The van der Waals surface area contributed by atoms with Gasteiger partial charge >= 0.3 is 0 Å². The molecular weight excluding hydrogens is 316 g/mol. The van der Waals surface area contributed by atoms with E-state index in [-0.39, 0.29) is 4.21 Å². The van der Waals surface area contributed by atoms with Crippen LogP contribution in [0.5, 0.6) is 0 Å². The fraction of sp³-hybridized carbons (Fsp3) is 0. The van der Waals surface area contributed by atoms with E-state index in [0.29, 0.717) is 9.21 Å². The highest BCUT2D eigenvalue weighted by Crippen LogP contribution is 2.24. The van der Waals surface area contributed by atoms with Crippen LogP contribution in [0.3, 0.4) is 0 Å². The molecule has 2 rings (SSSR count). The zero-order chi connectivity index (χ0) is 13.2. The van der Waals surface area contributed by atoms with E-state index in [1.54, 1.807) is 17.5 Å². The lowest BCUT2D eigenvalue weighted by Gasteiger charge is -2.05. The SMILES string of the molecule is O=C(NNS(=O)(=O)c1ccc(Cl)s1)c1cccs1. The standard InChI is InChI=1S/C9H7ClN2O3S3/c10-7-3-4-8(17-7)18(14,15)12-11-9(13)6-2-1-5-16-6/h1-5,12H,(H,11,13). The van der Waals surface area contributed by atoms with Gasteiger partial charge in [-0.15, -0.1) is 27.5 Å². The quantitative estimate of drug-likeness (QED) is 0.846. The van der Waals surface area contributed by atoms with Crippen molar-refractivity contribution in [1.82, 2.24) is 10.3 Å². The molecule has 9 heteroatoms. The summed E-state index contributed by atoms with van der Waals surface area (Å²) in [6, 6.07) is 6.14. The van der Waals surface area contributed by atoms with Gasteiger partial charge in [0.25, 0.3) is 15.9 Å². The van der Waals surface area contributed by atoms with Crippen LogP contribution in [0.2, 0.25) is 4.34 Å². The maximum atomic E-state index is 11.7. The Morgan fingerprint density at radius 2 is 2.06 bits per heavy atom. The predicted octanol–water partition coefficient (Wildman–Crippen LogP) is 2.09. The molecule has 0 aromatic carbocycles. The van der Waals surface area contributed by atoms with Crippen LogP contribution in [-0.2, 0) is 10.0 Å². The van der Waals surface area contributed by atoms with Crippen molar-refractivity contribution in [2.24, 2.45) is 0 Å². The summed E-state index contributed by atoms with van der Waals surface area (Å²) < 4.78 is 23.9. The number of hydrazine groups is 1. The first-order valence-corrected chi connectivity index (χ1v) is 8.16. The van der Waals surface area contributed by atoms with Crippen LogP contribution in [0, 0.1) is 0 Å². The van der Waals surface area contributed by atoms with Gasteiger partial charge in [0.2, 0.25) is 0 Å². The van der Waals surface area contributed by atoms with Gasteiger partial charge in [0.1, 0.15) is 4.21 Å². The third kappa shape index (κ3) is 3.09. The van der Waals surface area contributed by atoms with Crippen LogP contribution < -0.4 is 10.3 Å². The number of sulfonamides is 1. The molecule has 2 aromatic rings. The predicted molar refractivity (Wildman–Crippen MR) is 71.4 cm³/mol. The van der Waals surface area contributed by atoms with Gasteiger partial charge in [0.15, 0.2) is 0 Å². The topological polar surface area (TPSA) is 75.3 Å². The molecule has 0 spiro atoms. The van der Waals surface area contributed by atoms with Gasteiger partial charge in [-0.25, -0.2) is 8.42 Å². The lowest BCUT2D eigenvalue weighted by Crippen LogP contribution is -2.40. The van der Waals surface area contributed by atoms with Gasteiger partial charge in [-0.3, -0.25) is 10.2 Å². The minimum absolute atomic E-state index is 0.0407. The van der Waals surface area contributed by atoms with Crippen molar-refractivity contribution in [3.63, 3.8) is 0 Å². The Balaban J connectivity index is 2.04. The Bertz CT molecular complexity index is 648. The molecule has 0 saturated heterocycles. The molecule has 0 aliphatic carbocycles. The lowest BCUT2D eigenvalue weighted by atomic mass is 10.5.